The zero-order valence-electron chi connectivity index (χ0n) is 6.53. The van der Waals surface area contributed by atoms with E-state index in [-0.39, 0.29) is 0 Å². The van der Waals surface area contributed by atoms with E-state index in [0.717, 1.165) is 0 Å². The second kappa shape index (κ2) is 4.24. The molecule has 0 amide bonds. The third kappa shape index (κ3) is 4.48. The molecule has 2 nitrogen and oxygen atoms in total. The maximum Gasteiger partial charge on any atom is 0.122 e. The van der Waals surface area contributed by atoms with Gasteiger partial charge in [-0.1, -0.05) is 42.5 Å². The molecule has 5 heteroatoms. The van der Waals surface area contributed by atoms with E-state index >= 15 is 0 Å². The van der Waals surface area contributed by atoms with Gasteiger partial charge in [0, 0.05) is 5.25 Å². The average Bonchev–Trinajstić information content (AvgIpc) is 1.85. The number of hydrogen-bond donors (Lipinski definition) is 2. The average molecular weight is 210 g/mol. The summed E-state index contributed by atoms with van der Waals surface area (Å²) < 4.78 is 0. The van der Waals surface area contributed by atoms with E-state index in [0.29, 0.717) is 5.25 Å². The topological polar surface area (TPSA) is 52.0 Å². The van der Waals surface area contributed by atoms with Crippen molar-refractivity contribution < 1.29 is 0 Å². The molecule has 66 valence electrons. The molecule has 11 heavy (non-hydrogen) atoms. The zero-order chi connectivity index (χ0) is 8.32. The smallest absolute Gasteiger partial charge is 0.122 e. The quantitative estimate of drug-likeness (QED) is 0.686. The molecular weight excluding hydrogens is 195 g/mol. The van der Waals surface area contributed by atoms with Gasteiger partial charge in [-0.05, 0) is 12.8 Å². The van der Waals surface area contributed by atoms with Crippen LogP contribution in [0.25, 0.3) is 0 Å². The Hall–Kier alpha value is 0.920. The zero-order valence-corrected chi connectivity index (χ0v) is 9.06. The van der Waals surface area contributed by atoms with Gasteiger partial charge in [0.15, 0.2) is 0 Å². The van der Waals surface area contributed by atoms with Crippen LogP contribution in [0.1, 0.15) is 32.1 Å². The molecule has 0 bridgehead atoms. The molecule has 0 unspecified atom stereocenters. The highest BCUT2D eigenvalue weighted by Crippen LogP contribution is 2.49. The van der Waals surface area contributed by atoms with Crippen molar-refractivity contribution in [1.82, 2.24) is 0 Å². The summed E-state index contributed by atoms with van der Waals surface area (Å²) in [6, 6.07) is 0. The van der Waals surface area contributed by atoms with Crippen molar-refractivity contribution in [2.75, 3.05) is 0 Å². The fourth-order valence-corrected chi connectivity index (χ4v) is 5.54. The molecule has 0 aliphatic heterocycles. The Morgan fingerprint density at radius 3 is 2.18 bits per heavy atom. The third-order valence-electron chi connectivity index (χ3n) is 1.87. The summed E-state index contributed by atoms with van der Waals surface area (Å²) in [5.41, 5.74) is 9.28. The normalized spacial score (nSPS) is 22.0. The maximum atomic E-state index is 5.63. The minimum atomic E-state index is -1.98. The Labute approximate surface area is 77.3 Å². The SMILES string of the molecule is NP(N)(=S)SC1CCCCC1. The van der Waals surface area contributed by atoms with Gasteiger partial charge in [0.1, 0.15) is 5.54 Å². The van der Waals surface area contributed by atoms with Gasteiger partial charge < -0.3 is 0 Å². The molecule has 0 saturated heterocycles. The van der Waals surface area contributed by atoms with Gasteiger partial charge in [0.2, 0.25) is 0 Å². The Balaban J connectivity index is 2.30. The van der Waals surface area contributed by atoms with E-state index in [1.165, 1.54) is 32.1 Å². The van der Waals surface area contributed by atoms with Crippen LogP contribution in [-0.4, -0.2) is 5.25 Å². The summed E-state index contributed by atoms with van der Waals surface area (Å²) in [5, 5.41) is 0.657. The standard InChI is InChI=1S/C6H15N2PS2/c7-9(8,10)11-6-4-2-1-3-5-6/h6H,1-5H2,(H4,7,8,10). The number of hydrogen-bond acceptors (Lipinski definition) is 2. The molecule has 0 spiro atoms. The van der Waals surface area contributed by atoms with Gasteiger partial charge in [0.05, 0.1) is 0 Å². The van der Waals surface area contributed by atoms with E-state index in [4.69, 9.17) is 22.8 Å². The molecular formula is C6H15N2PS2. The first-order valence-corrected chi connectivity index (χ1v) is 8.36. The van der Waals surface area contributed by atoms with Crippen LogP contribution in [0, 0.1) is 0 Å². The van der Waals surface area contributed by atoms with Crippen LogP contribution >= 0.6 is 16.9 Å². The maximum absolute atomic E-state index is 5.63. The minimum absolute atomic E-state index is 0.657. The van der Waals surface area contributed by atoms with Crippen LogP contribution in [0.3, 0.4) is 0 Å². The predicted molar refractivity (Wildman–Crippen MR) is 57.1 cm³/mol. The van der Waals surface area contributed by atoms with Crippen LogP contribution in [0.15, 0.2) is 0 Å². The predicted octanol–water partition coefficient (Wildman–Crippen LogP) is 2.19. The number of nitrogens with two attached hydrogens (primary N) is 2. The first kappa shape index (κ1) is 10.0. The van der Waals surface area contributed by atoms with Gasteiger partial charge in [0.25, 0.3) is 0 Å². The van der Waals surface area contributed by atoms with Crippen molar-refractivity contribution in [3.05, 3.63) is 0 Å². The second-order valence-corrected chi connectivity index (χ2v) is 10.1. The number of rotatable bonds is 2. The molecule has 1 aliphatic carbocycles. The van der Waals surface area contributed by atoms with E-state index in [1.54, 1.807) is 11.4 Å². The van der Waals surface area contributed by atoms with Gasteiger partial charge >= 0.3 is 0 Å². The molecule has 1 rings (SSSR count). The van der Waals surface area contributed by atoms with Crippen LogP contribution in [0.5, 0.6) is 0 Å². The Kier molecular flexibility index (Phi) is 3.86. The molecule has 4 N–H and O–H groups in total. The Bertz CT molecular complexity index is 162. The molecule has 1 fully saturated rings. The molecule has 1 aliphatic rings. The molecule has 0 heterocycles. The first-order chi connectivity index (χ1) is 5.08. The molecule has 0 aromatic carbocycles. The fourth-order valence-electron chi connectivity index (χ4n) is 1.40. The molecule has 0 aromatic heterocycles. The van der Waals surface area contributed by atoms with Gasteiger partial charge in [-0.15, -0.1) is 0 Å². The third-order valence-corrected chi connectivity index (χ3v) is 5.62. The monoisotopic (exact) mass is 210 g/mol. The molecule has 1 saturated carbocycles. The van der Waals surface area contributed by atoms with Gasteiger partial charge in [-0.25, -0.2) is 0 Å². The Morgan fingerprint density at radius 1 is 1.18 bits per heavy atom. The lowest BCUT2D eigenvalue weighted by Crippen LogP contribution is -2.11. The summed E-state index contributed by atoms with van der Waals surface area (Å²) in [6.45, 7) is 0. The van der Waals surface area contributed by atoms with E-state index in [9.17, 15) is 0 Å². The van der Waals surface area contributed by atoms with Crippen molar-refractivity contribution in [2.45, 2.75) is 37.4 Å². The van der Waals surface area contributed by atoms with E-state index in [1.807, 2.05) is 0 Å². The van der Waals surface area contributed by atoms with Crippen LogP contribution in [0.4, 0.5) is 0 Å². The highest BCUT2D eigenvalue weighted by Gasteiger charge is 2.18. The van der Waals surface area contributed by atoms with Crippen molar-refractivity contribution in [3.63, 3.8) is 0 Å². The lowest BCUT2D eigenvalue weighted by molar-refractivity contribution is 0.517. The first-order valence-electron chi connectivity index (χ1n) is 3.93. The second-order valence-electron chi connectivity index (χ2n) is 3.01. The lowest BCUT2D eigenvalue weighted by atomic mass is 10.0. The van der Waals surface area contributed by atoms with Crippen molar-refractivity contribution in [3.8, 4) is 0 Å². The molecule has 0 aromatic rings. The van der Waals surface area contributed by atoms with E-state index < -0.39 is 5.54 Å². The van der Waals surface area contributed by atoms with Crippen molar-refractivity contribution >= 4 is 28.7 Å². The van der Waals surface area contributed by atoms with Crippen molar-refractivity contribution in [1.29, 1.82) is 0 Å². The molecule has 0 atom stereocenters. The van der Waals surface area contributed by atoms with Gasteiger partial charge in [-0.3, -0.25) is 11.0 Å². The highest BCUT2D eigenvalue weighted by molar-refractivity contribution is 8.69. The fraction of sp³-hybridized carbons (Fsp3) is 1.00. The summed E-state index contributed by atoms with van der Waals surface area (Å²) >= 11 is 6.65. The van der Waals surface area contributed by atoms with Crippen molar-refractivity contribution in [2.24, 2.45) is 11.0 Å². The molecule has 0 radical (unpaired) electrons. The Morgan fingerprint density at radius 2 is 1.73 bits per heavy atom. The highest BCUT2D eigenvalue weighted by atomic mass is 32.9. The van der Waals surface area contributed by atoms with Crippen LogP contribution in [0.2, 0.25) is 0 Å². The van der Waals surface area contributed by atoms with E-state index in [2.05, 4.69) is 0 Å². The summed E-state index contributed by atoms with van der Waals surface area (Å²) in [4.78, 5) is 0. The minimum Gasteiger partial charge on any atom is -0.283 e. The van der Waals surface area contributed by atoms with Crippen LogP contribution < -0.4 is 11.0 Å². The summed E-state index contributed by atoms with van der Waals surface area (Å²) in [7, 11) is 0. The summed E-state index contributed by atoms with van der Waals surface area (Å²) in [5.74, 6) is 0. The lowest BCUT2D eigenvalue weighted by Gasteiger charge is -2.23. The van der Waals surface area contributed by atoms with Crippen LogP contribution in [-0.2, 0) is 11.8 Å². The summed E-state index contributed by atoms with van der Waals surface area (Å²) in [6.07, 6.45) is 6.55. The van der Waals surface area contributed by atoms with Gasteiger partial charge in [-0.2, -0.15) is 0 Å². The largest absolute Gasteiger partial charge is 0.283 e.